The van der Waals surface area contributed by atoms with Gasteiger partial charge in [-0.2, -0.15) is 0 Å². The van der Waals surface area contributed by atoms with Crippen molar-refractivity contribution >= 4 is 17.5 Å². The lowest BCUT2D eigenvalue weighted by Crippen LogP contribution is -2.50. The van der Waals surface area contributed by atoms with E-state index in [1.165, 1.54) is 0 Å². The van der Waals surface area contributed by atoms with E-state index in [4.69, 9.17) is 16.3 Å². The summed E-state index contributed by atoms with van der Waals surface area (Å²) in [7, 11) is 3.82. The average molecular weight is 399 g/mol. The van der Waals surface area contributed by atoms with Crippen molar-refractivity contribution in [1.82, 2.24) is 9.80 Å². The lowest BCUT2D eigenvalue weighted by atomic mass is 9.91. The molecule has 2 fully saturated rings. The second kappa shape index (κ2) is 8.14. The molecule has 2 unspecified atom stereocenters. The van der Waals surface area contributed by atoms with E-state index in [-0.39, 0.29) is 17.9 Å². The smallest absolute Gasteiger partial charge is 0.230 e. The zero-order valence-electron chi connectivity index (χ0n) is 16.5. The Hall–Kier alpha value is -2.04. The van der Waals surface area contributed by atoms with Crippen molar-refractivity contribution in [2.45, 2.75) is 24.8 Å². The fourth-order valence-electron chi connectivity index (χ4n) is 4.26. The summed E-state index contributed by atoms with van der Waals surface area (Å²) in [6.45, 7) is 2.30. The normalized spacial score (nSPS) is 21.4. The fourth-order valence-corrected chi connectivity index (χ4v) is 4.39. The number of benzene rings is 2. The van der Waals surface area contributed by atoms with Crippen LogP contribution in [-0.2, 0) is 4.79 Å². The summed E-state index contributed by atoms with van der Waals surface area (Å²) >= 11 is 6.06. The summed E-state index contributed by atoms with van der Waals surface area (Å²) in [6.07, 6.45) is 2.26. The van der Waals surface area contributed by atoms with Crippen molar-refractivity contribution in [2.75, 3.05) is 33.8 Å². The number of para-hydroxylation sites is 1. The third-order valence-electron chi connectivity index (χ3n) is 6.05. The van der Waals surface area contributed by atoms with Gasteiger partial charge >= 0.3 is 0 Å². The summed E-state index contributed by atoms with van der Waals surface area (Å²) in [5.41, 5.74) is 2.23. The Bertz CT molecular complexity index is 835. The number of nitrogens with zero attached hydrogens (tertiary/aromatic N) is 2. The minimum Gasteiger partial charge on any atom is -0.496 e. The lowest BCUT2D eigenvalue weighted by Gasteiger charge is -2.41. The van der Waals surface area contributed by atoms with E-state index < -0.39 is 0 Å². The van der Waals surface area contributed by atoms with Crippen molar-refractivity contribution in [2.24, 2.45) is 5.92 Å². The molecule has 4 rings (SSSR count). The SMILES string of the molecule is COc1ccccc1C1CN(C(=O)C(c2ccc(Cl)cc2)C2CC2)CCN1C. The molecular formula is C23H27ClN2O2. The molecule has 1 aliphatic carbocycles. The quantitative estimate of drug-likeness (QED) is 0.750. The van der Waals surface area contributed by atoms with Crippen LogP contribution >= 0.6 is 11.6 Å². The Morgan fingerprint density at radius 3 is 2.50 bits per heavy atom. The molecule has 1 saturated heterocycles. The summed E-state index contributed by atoms with van der Waals surface area (Å²) in [4.78, 5) is 17.9. The van der Waals surface area contributed by atoms with Crippen molar-refractivity contribution in [3.63, 3.8) is 0 Å². The molecule has 148 valence electrons. The Morgan fingerprint density at radius 2 is 1.82 bits per heavy atom. The maximum atomic E-state index is 13.5. The molecule has 5 heteroatoms. The van der Waals surface area contributed by atoms with Gasteiger partial charge in [-0.25, -0.2) is 0 Å². The number of piperazine rings is 1. The topological polar surface area (TPSA) is 32.8 Å². The highest BCUT2D eigenvalue weighted by molar-refractivity contribution is 6.30. The minimum atomic E-state index is -0.0565. The molecule has 0 radical (unpaired) electrons. The number of halogens is 1. The number of hydrogen-bond donors (Lipinski definition) is 0. The molecule has 1 amide bonds. The van der Waals surface area contributed by atoms with Crippen LogP contribution < -0.4 is 4.74 Å². The molecule has 2 aromatic rings. The Balaban J connectivity index is 1.57. The third-order valence-corrected chi connectivity index (χ3v) is 6.30. The first-order chi connectivity index (χ1) is 13.6. The summed E-state index contributed by atoms with van der Waals surface area (Å²) in [5.74, 6) is 1.53. The molecule has 2 aliphatic rings. The standard InChI is InChI=1S/C23H27ClN2O2/c1-25-13-14-26(15-20(25)19-5-3-4-6-21(19)28-2)23(27)22(16-7-8-16)17-9-11-18(24)12-10-17/h3-6,9-12,16,20,22H,7-8,13-15H2,1-2H3. The molecule has 1 saturated carbocycles. The molecule has 1 heterocycles. The number of carbonyl (C=O) groups excluding carboxylic acids is 1. The van der Waals surface area contributed by atoms with Crippen LogP contribution in [-0.4, -0.2) is 49.5 Å². The highest BCUT2D eigenvalue weighted by Gasteiger charge is 2.41. The van der Waals surface area contributed by atoms with Crippen molar-refractivity contribution < 1.29 is 9.53 Å². The van der Waals surface area contributed by atoms with Crippen LogP contribution in [0.4, 0.5) is 0 Å². The maximum absolute atomic E-state index is 13.5. The molecular weight excluding hydrogens is 372 g/mol. The van der Waals surface area contributed by atoms with Crippen LogP contribution in [0.5, 0.6) is 5.75 Å². The van der Waals surface area contributed by atoms with Gasteiger partial charge in [-0.05, 0) is 49.6 Å². The molecule has 0 spiro atoms. The second-order valence-electron chi connectivity index (χ2n) is 7.89. The van der Waals surface area contributed by atoms with E-state index in [1.54, 1.807) is 7.11 Å². The predicted molar refractivity (Wildman–Crippen MR) is 112 cm³/mol. The van der Waals surface area contributed by atoms with Gasteiger partial charge in [-0.3, -0.25) is 9.69 Å². The summed E-state index contributed by atoms with van der Waals surface area (Å²) < 4.78 is 5.58. The molecule has 0 aromatic heterocycles. The Kier molecular flexibility index (Phi) is 5.61. The highest BCUT2D eigenvalue weighted by Crippen LogP contribution is 2.44. The first-order valence-corrected chi connectivity index (χ1v) is 10.3. The van der Waals surface area contributed by atoms with E-state index in [1.807, 2.05) is 42.5 Å². The monoisotopic (exact) mass is 398 g/mol. The molecule has 1 aliphatic heterocycles. The van der Waals surface area contributed by atoms with E-state index in [2.05, 4.69) is 22.9 Å². The molecule has 2 aromatic carbocycles. The van der Waals surface area contributed by atoms with Crippen LogP contribution in [0.3, 0.4) is 0 Å². The first kappa shape index (κ1) is 19.3. The molecule has 0 N–H and O–H groups in total. The van der Waals surface area contributed by atoms with Gasteiger partial charge in [0.1, 0.15) is 5.75 Å². The number of methoxy groups -OCH3 is 1. The van der Waals surface area contributed by atoms with Crippen molar-refractivity contribution in [1.29, 1.82) is 0 Å². The molecule has 0 bridgehead atoms. The predicted octanol–water partition coefficient (Wildman–Crippen LogP) is 4.36. The Morgan fingerprint density at radius 1 is 1.11 bits per heavy atom. The van der Waals surface area contributed by atoms with Crippen LogP contribution in [0.1, 0.15) is 35.9 Å². The number of carbonyl (C=O) groups is 1. The lowest BCUT2D eigenvalue weighted by molar-refractivity contribution is -0.136. The van der Waals surface area contributed by atoms with Crippen LogP contribution in [0.2, 0.25) is 5.02 Å². The number of ether oxygens (including phenoxy) is 1. The van der Waals surface area contributed by atoms with Crippen molar-refractivity contribution in [3.05, 3.63) is 64.7 Å². The van der Waals surface area contributed by atoms with E-state index in [0.717, 1.165) is 42.8 Å². The zero-order valence-corrected chi connectivity index (χ0v) is 17.2. The molecule has 28 heavy (non-hydrogen) atoms. The van der Waals surface area contributed by atoms with Gasteiger partial charge in [0.05, 0.1) is 19.1 Å². The molecule has 2 atom stereocenters. The van der Waals surface area contributed by atoms with Gasteiger partial charge < -0.3 is 9.64 Å². The molecule has 4 nitrogen and oxygen atoms in total. The van der Waals surface area contributed by atoms with Gasteiger partial charge in [-0.15, -0.1) is 0 Å². The number of rotatable bonds is 5. The van der Waals surface area contributed by atoms with E-state index in [0.29, 0.717) is 17.5 Å². The number of likely N-dealkylation sites (N-methyl/N-ethyl adjacent to an activating group) is 1. The third kappa shape index (κ3) is 3.89. The van der Waals surface area contributed by atoms with Crippen LogP contribution in [0.25, 0.3) is 0 Å². The van der Waals surface area contributed by atoms with Gasteiger partial charge in [0.15, 0.2) is 0 Å². The second-order valence-corrected chi connectivity index (χ2v) is 8.33. The van der Waals surface area contributed by atoms with Gasteiger partial charge in [-0.1, -0.05) is 41.9 Å². The number of amides is 1. The van der Waals surface area contributed by atoms with E-state index >= 15 is 0 Å². The van der Waals surface area contributed by atoms with Crippen LogP contribution in [0.15, 0.2) is 48.5 Å². The minimum absolute atomic E-state index is 0.0565. The van der Waals surface area contributed by atoms with Gasteiger partial charge in [0.25, 0.3) is 0 Å². The average Bonchev–Trinajstić information content (AvgIpc) is 3.55. The number of hydrogen-bond acceptors (Lipinski definition) is 3. The first-order valence-electron chi connectivity index (χ1n) is 9.96. The zero-order chi connectivity index (χ0) is 19.7. The van der Waals surface area contributed by atoms with Gasteiger partial charge in [0, 0.05) is 30.2 Å². The fraction of sp³-hybridized carbons (Fsp3) is 0.435. The summed E-state index contributed by atoms with van der Waals surface area (Å²) in [5, 5.41) is 0.710. The van der Waals surface area contributed by atoms with Crippen molar-refractivity contribution in [3.8, 4) is 5.75 Å². The maximum Gasteiger partial charge on any atom is 0.230 e. The summed E-state index contributed by atoms with van der Waals surface area (Å²) in [6, 6.07) is 16.1. The van der Waals surface area contributed by atoms with Gasteiger partial charge in [0.2, 0.25) is 5.91 Å². The Labute approximate surface area is 172 Å². The largest absolute Gasteiger partial charge is 0.496 e. The highest BCUT2D eigenvalue weighted by atomic mass is 35.5. The van der Waals surface area contributed by atoms with E-state index in [9.17, 15) is 4.79 Å². The van der Waals surface area contributed by atoms with Crippen LogP contribution in [0, 0.1) is 5.92 Å².